The summed E-state index contributed by atoms with van der Waals surface area (Å²) in [5.74, 6) is -0.940. The molecule has 0 fully saturated rings. The summed E-state index contributed by atoms with van der Waals surface area (Å²) in [4.78, 5) is 29.7. The van der Waals surface area contributed by atoms with Gasteiger partial charge in [-0.2, -0.15) is 0 Å². The summed E-state index contributed by atoms with van der Waals surface area (Å²) in [5.41, 5.74) is 2.40. The number of carboxylic acid groups (broad SMARTS) is 1. The number of carbonyl (C=O) groups is 2. The van der Waals surface area contributed by atoms with Crippen LogP contribution in [0, 0.1) is 13.8 Å². The molecule has 0 bridgehead atoms. The van der Waals surface area contributed by atoms with Crippen molar-refractivity contribution in [3.05, 3.63) is 52.7 Å². The summed E-state index contributed by atoms with van der Waals surface area (Å²) < 4.78 is 5.35. The van der Waals surface area contributed by atoms with Gasteiger partial charge in [0.15, 0.2) is 5.89 Å². The third-order valence-corrected chi connectivity index (χ3v) is 3.89. The molecule has 0 radical (unpaired) electrons. The van der Waals surface area contributed by atoms with Gasteiger partial charge in [0.2, 0.25) is 5.76 Å². The van der Waals surface area contributed by atoms with Gasteiger partial charge in [-0.25, -0.2) is 9.78 Å². The topological polar surface area (TPSA) is 83.6 Å². The number of aromatic nitrogens is 1. The Morgan fingerprint density at radius 3 is 2.55 bits per heavy atom. The molecule has 1 N–H and O–H groups in total. The molecule has 22 heavy (non-hydrogen) atoms. The van der Waals surface area contributed by atoms with Crippen molar-refractivity contribution < 1.29 is 19.1 Å². The van der Waals surface area contributed by atoms with Gasteiger partial charge in [-0.15, -0.1) is 0 Å². The van der Waals surface area contributed by atoms with Crippen LogP contribution >= 0.6 is 0 Å². The van der Waals surface area contributed by atoms with Crippen molar-refractivity contribution in [1.82, 2.24) is 9.88 Å². The first-order chi connectivity index (χ1) is 10.5. The van der Waals surface area contributed by atoms with E-state index in [-0.39, 0.29) is 12.3 Å². The fraction of sp³-hybridized carbons (Fsp3) is 0.312. The van der Waals surface area contributed by atoms with Crippen LogP contribution in [0.1, 0.15) is 33.3 Å². The highest BCUT2D eigenvalue weighted by molar-refractivity contribution is 5.95. The van der Waals surface area contributed by atoms with Crippen LogP contribution in [0.15, 0.2) is 28.7 Å². The number of hydrogen-bond acceptors (Lipinski definition) is 4. The van der Waals surface area contributed by atoms with E-state index in [9.17, 15) is 14.7 Å². The van der Waals surface area contributed by atoms with Gasteiger partial charge < -0.3 is 14.4 Å². The lowest BCUT2D eigenvalue weighted by Crippen LogP contribution is -2.48. The molecule has 1 aromatic heterocycles. The second-order valence-corrected chi connectivity index (χ2v) is 5.41. The van der Waals surface area contributed by atoms with Crippen molar-refractivity contribution in [3.63, 3.8) is 0 Å². The van der Waals surface area contributed by atoms with Crippen LogP contribution in [0.2, 0.25) is 0 Å². The summed E-state index contributed by atoms with van der Waals surface area (Å²) in [6.45, 7) is 3.59. The molecule has 114 valence electrons. The molecule has 2 aromatic rings. The Morgan fingerprint density at radius 1 is 1.27 bits per heavy atom. The minimum atomic E-state index is -1.02. The Bertz CT molecular complexity index is 750. The number of aliphatic carboxylic acids is 1. The van der Waals surface area contributed by atoms with Gasteiger partial charge in [0.25, 0.3) is 5.91 Å². The Kier molecular flexibility index (Phi) is 3.44. The molecule has 6 nitrogen and oxygen atoms in total. The Balaban J connectivity index is 1.99. The highest BCUT2D eigenvalue weighted by atomic mass is 16.4. The zero-order valence-electron chi connectivity index (χ0n) is 12.4. The van der Waals surface area contributed by atoms with E-state index in [0.29, 0.717) is 18.0 Å². The van der Waals surface area contributed by atoms with Crippen LogP contribution in [0.3, 0.4) is 0 Å². The van der Waals surface area contributed by atoms with Crippen molar-refractivity contribution in [3.8, 4) is 0 Å². The third-order valence-electron chi connectivity index (χ3n) is 3.89. The fourth-order valence-corrected chi connectivity index (χ4v) is 2.82. The Labute approximate surface area is 127 Å². The number of nitrogens with zero attached hydrogens (tertiary/aromatic N) is 2. The maximum absolute atomic E-state index is 12.7. The van der Waals surface area contributed by atoms with Crippen molar-refractivity contribution in [2.75, 3.05) is 0 Å². The van der Waals surface area contributed by atoms with Crippen molar-refractivity contribution in [2.24, 2.45) is 0 Å². The van der Waals surface area contributed by atoms with Gasteiger partial charge >= 0.3 is 5.97 Å². The van der Waals surface area contributed by atoms with Gasteiger partial charge in [-0.05, 0) is 18.1 Å². The molecule has 2 heterocycles. The molecular formula is C16H16N2O4. The summed E-state index contributed by atoms with van der Waals surface area (Å²) >= 11 is 0. The number of carboxylic acids is 1. The van der Waals surface area contributed by atoms with Crippen LogP contribution in [0.25, 0.3) is 0 Å². The second kappa shape index (κ2) is 5.29. The third kappa shape index (κ3) is 2.36. The van der Waals surface area contributed by atoms with Crippen LogP contribution in [-0.4, -0.2) is 32.9 Å². The normalized spacial score (nSPS) is 17.2. The minimum absolute atomic E-state index is 0.114. The average Bonchev–Trinajstić information content (AvgIpc) is 2.83. The number of carbonyl (C=O) groups excluding carboxylic acids is 1. The van der Waals surface area contributed by atoms with Crippen molar-refractivity contribution in [1.29, 1.82) is 0 Å². The SMILES string of the molecule is Cc1nc(C)c(C(=O)N2Cc3ccccc3CC2C(=O)O)o1. The van der Waals surface area contributed by atoms with E-state index in [0.717, 1.165) is 11.1 Å². The molecule has 3 rings (SSSR count). The first-order valence-corrected chi connectivity index (χ1v) is 7.02. The monoisotopic (exact) mass is 300 g/mol. The molecule has 0 saturated heterocycles. The van der Waals surface area contributed by atoms with Gasteiger partial charge in [0.05, 0.1) is 5.69 Å². The predicted octanol–water partition coefficient (Wildman–Crippen LogP) is 1.94. The molecule has 1 aliphatic rings. The fourth-order valence-electron chi connectivity index (χ4n) is 2.82. The lowest BCUT2D eigenvalue weighted by atomic mass is 9.93. The number of hydrogen-bond donors (Lipinski definition) is 1. The van der Waals surface area contributed by atoms with E-state index in [2.05, 4.69) is 4.98 Å². The highest BCUT2D eigenvalue weighted by Crippen LogP contribution is 2.26. The largest absolute Gasteiger partial charge is 0.480 e. The van der Waals surface area contributed by atoms with Crippen LogP contribution in [0.4, 0.5) is 0 Å². The van der Waals surface area contributed by atoms with E-state index >= 15 is 0 Å². The quantitative estimate of drug-likeness (QED) is 0.916. The molecule has 6 heteroatoms. The van der Waals surface area contributed by atoms with E-state index in [1.165, 1.54) is 4.90 Å². The average molecular weight is 300 g/mol. The number of oxazole rings is 1. The zero-order chi connectivity index (χ0) is 15.9. The van der Waals surface area contributed by atoms with Gasteiger partial charge in [-0.1, -0.05) is 24.3 Å². The second-order valence-electron chi connectivity index (χ2n) is 5.41. The van der Waals surface area contributed by atoms with E-state index in [4.69, 9.17) is 4.42 Å². The van der Waals surface area contributed by atoms with Crippen LogP contribution < -0.4 is 0 Å². The molecule has 1 atom stereocenters. The maximum atomic E-state index is 12.7. The first kappa shape index (κ1) is 14.3. The Hall–Kier alpha value is -2.63. The number of aryl methyl sites for hydroxylation is 2. The van der Waals surface area contributed by atoms with Gasteiger partial charge in [0.1, 0.15) is 6.04 Å². The molecule has 1 aliphatic heterocycles. The summed E-state index contributed by atoms with van der Waals surface area (Å²) in [5, 5.41) is 9.46. The number of rotatable bonds is 2. The zero-order valence-corrected chi connectivity index (χ0v) is 12.4. The number of fused-ring (bicyclic) bond motifs is 1. The smallest absolute Gasteiger partial charge is 0.326 e. The summed E-state index contributed by atoms with van der Waals surface area (Å²) in [7, 11) is 0. The molecule has 1 aromatic carbocycles. The molecule has 1 amide bonds. The molecule has 0 aliphatic carbocycles. The summed E-state index contributed by atoms with van der Waals surface area (Å²) in [6, 6.07) is 6.67. The number of amides is 1. The molecular weight excluding hydrogens is 284 g/mol. The van der Waals surface area contributed by atoms with Crippen LogP contribution in [-0.2, 0) is 17.8 Å². The predicted molar refractivity (Wildman–Crippen MR) is 77.4 cm³/mol. The van der Waals surface area contributed by atoms with Crippen molar-refractivity contribution >= 4 is 11.9 Å². The van der Waals surface area contributed by atoms with E-state index in [1.54, 1.807) is 13.8 Å². The molecule has 1 unspecified atom stereocenters. The van der Waals surface area contributed by atoms with E-state index < -0.39 is 17.9 Å². The van der Waals surface area contributed by atoms with Crippen molar-refractivity contribution in [2.45, 2.75) is 32.9 Å². The number of benzene rings is 1. The molecule has 0 saturated carbocycles. The highest BCUT2D eigenvalue weighted by Gasteiger charge is 2.36. The van der Waals surface area contributed by atoms with E-state index in [1.807, 2.05) is 24.3 Å². The lowest BCUT2D eigenvalue weighted by molar-refractivity contribution is -0.142. The lowest BCUT2D eigenvalue weighted by Gasteiger charge is -2.33. The van der Waals surface area contributed by atoms with Crippen LogP contribution in [0.5, 0.6) is 0 Å². The minimum Gasteiger partial charge on any atom is -0.480 e. The maximum Gasteiger partial charge on any atom is 0.326 e. The van der Waals surface area contributed by atoms with Gasteiger partial charge in [0, 0.05) is 19.9 Å². The summed E-state index contributed by atoms with van der Waals surface area (Å²) in [6.07, 6.45) is 0.295. The molecule has 0 spiro atoms. The first-order valence-electron chi connectivity index (χ1n) is 7.02. The Morgan fingerprint density at radius 2 is 1.95 bits per heavy atom. The van der Waals surface area contributed by atoms with Gasteiger partial charge in [-0.3, -0.25) is 4.79 Å². The standard InChI is InChI=1S/C16H16N2O4/c1-9-14(22-10(2)17-9)15(19)18-8-12-6-4-3-5-11(12)7-13(18)16(20)21/h3-6,13H,7-8H2,1-2H3,(H,20,21).